The minimum atomic E-state index is 0.0356. The molecule has 4 fully saturated rings. The molecule has 34 heavy (non-hydrogen) atoms. The van der Waals surface area contributed by atoms with Crippen LogP contribution in [0.4, 0.5) is 0 Å². The van der Waals surface area contributed by atoms with E-state index in [1.807, 2.05) is 4.57 Å². The Morgan fingerprint density at radius 1 is 1.15 bits per heavy atom. The number of amides is 1. The first kappa shape index (κ1) is 23.1. The SMILES string of the molecule is CC(C)CCn1c(SCC(=O)NC23CC4CC(CC(C4)C2)C3)nc2sc3c(c2c1=O)CCCC3. The van der Waals surface area contributed by atoms with Crippen molar-refractivity contribution in [2.24, 2.45) is 23.7 Å². The average Bonchev–Trinajstić information content (AvgIpc) is 3.14. The highest BCUT2D eigenvalue weighted by atomic mass is 32.2. The van der Waals surface area contributed by atoms with E-state index in [2.05, 4.69) is 19.2 Å². The molecule has 4 bridgehead atoms. The Morgan fingerprint density at radius 2 is 1.82 bits per heavy atom. The van der Waals surface area contributed by atoms with Crippen molar-refractivity contribution in [3.05, 3.63) is 20.8 Å². The number of carbonyl (C=O) groups excluding carboxylic acids is 1. The zero-order chi connectivity index (χ0) is 23.4. The number of aromatic nitrogens is 2. The van der Waals surface area contributed by atoms with Crippen LogP contribution >= 0.6 is 23.1 Å². The third-order valence-corrected chi connectivity index (χ3v) is 10.9. The minimum absolute atomic E-state index is 0.0356. The fourth-order valence-electron chi connectivity index (χ4n) is 7.64. The maximum absolute atomic E-state index is 13.7. The van der Waals surface area contributed by atoms with E-state index in [-0.39, 0.29) is 17.0 Å². The van der Waals surface area contributed by atoms with Crippen LogP contribution < -0.4 is 10.9 Å². The summed E-state index contributed by atoms with van der Waals surface area (Å²) in [5.74, 6) is 3.41. The number of hydrogen-bond acceptors (Lipinski definition) is 5. The van der Waals surface area contributed by atoms with E-state index in [1.165, 1.54) is 67.1 Å². The Balaban J connectivity index is 1.23. The van der Waals surface area contributed by atoms with Crippen LogP contribution in [0.5, 0.6) is 0 Å². The highest BCUT2D eigenvalue weighted by Gasteiger charge is 2.51. The largest absolute Gasteiger partial charge is 0.350 e. The van der Waals surface area contributed by atoms with Crippen LogP contribution in [0.1, 0.15) is 82.1 Å². The van der Waals surface area contributed by atoms with Gasteiger partial charge in [-0.1, -0.05) is 25.6 Å². The molecule has 184 valence electrons. The molecule has 1 N–H and O–H groups in total. The molecular formula is C27H37N3O2S2. The predicted molar refractivity (Wildman–Crippen MR) is 140 cm³/mol. The summed E-state index contributed by atoms with van der Waals surface area (Å²) in [4.78, 5) is 34.0. The van der Waals surface area contributed by atoms with Gasteiger partial charge in [-0.05, 0) is 99.9 Å². The van der Waals surface area contributed by atoms with Gasteiger partial charge < -0.3 is 5.32 Å². The minimum Gasteiger partial charge on any atom is -0.350 e. The molecule has 2 heterocycles. The summed E-state index contributed by atoms with van der Waals surface area (Å²) in [5.41, 5.74) is 1.39. The number of hydrogen-bond donors (Lipinski definition) is 1. The molecule has 5 nitrogen and oxygen atoms in total. The Labute approximate surface area is 210 Å². The first-order valence-corrected chi connectivity index (χ1v) is 15.2. The van der Waals surface area contributed by atoms with E-state index in [4.69, 9.17) is 4.98 Å². The summed E-state index contributed by atoms with van der Waals surface area (Å²) in [6.45, 7) is 5.05. The lowest BCUT2D eigenvalue weighted by atomic mass is 9.53. The molecule has 5 aliphatic rings. The Kier molecular flexibility index (Phi) is 6.08. The molecule has 2 aromatic heterocycles. The first-order chi connectivity index (χ1) is 16.4. The van der Waals surface area contributed by atoms with Gasteiger partial charge in [-0.15, -0.1) is 11.3 Å². The van der Waals surface area contributed by atoms with Crippen LogP contribution in [0.3, 0.4) is 0 Å². The highest BCUT2D eigenvalue weighted by Crippen LogP contribution is 2.55. The average molecular weight is 500 g/mol. The molecular weight excluding hydrogens is 462 g/mol. The monoisotopic (exact) mass is 499 g/mol. The van der Waals surface area contributed by atoms with Crippen molar-refractivity contribution in [3.63, 3.8) is 0 Å². The summed E-state index contributed by atoms with van der Waals surface area (Å²) in [6, 6.07) is 0. The molecule has 0 saturated heterocycles. The molecule has 0 aliphatic heterocycles. The Morgan fingerprint density at radius 3 is 2.50 bits per heavy atom. The summed E-state index contributed by atoms with van der Waals surface area (Å²) < 4.78 is 1.87. The highest BCUT2D eigenvalue weighted by molar-refractivity contribution is 7.99. The quantitative estimate of drug-likeness (QED) is 0.400. The van der Waals surface area contributed by atoms with Crippen molar-refractivity contribution < 1.29 is 4.79 Å². The third kappa shape index (κ3) is 4.25. The van der Waals surface area contributed by atoms with Gasteiger partial charge in [-0.3, -0.25) is 14.2 Å². The van der Waals surface area contributed by atoms with Gasteiger partial charge in [-0.25, -0.2) is 4.98 Å². The molecule has 0 radical (unpaired) electrons. The number of thioether (sulfide) groups is 1. The fourth-order valence-corrected chi connectivity index (χ4v) is 9.77. The van der Waals surface area contributed by atoms with Gasteiger partial charge in [0.25, 0.3) is 5.56 Å². The zero-order valence-electron chi connectivity index (χ0n) is 20.5. The van der Waals surface area contributed by atoms with Crippen LogP contribution in [0.2, 0.25) is 0 Å². The first-order valence-electron chi connectivity index (χ1n) is 13.4. The molecule has 0 aromatic carbocycles. The number of rotatable bonds is 7. The fraction of sp³-hybridized carbons (Fsp3) is 0.741. The second-order valence-electron chi connectivity index (χ2n) is 12.0. The van der Waals surface area contributed by atoms with Crippen molar-refractivity contribution in [3.8, 4) is 0 Å². The van der Waals surface area contributed by atoms with Crippen LogP contribution in [-0.4, -0.2) is 26.8 Å². The van der Waals surface area contributed by atoms with E-state index in [0.29, 0.717) is 18.2 Å². The lowest BCUT2D eigenvalue weighted by molar-refractivity contribution is -0.124. The van der Waals surface area contributed by atoms with E-state index >= 15 is 0 Å². The Hall–Kier alpha value is -1.34. The molecule has 2 aromatic rings. The van der Waals surface area contributed by atoms with Gasteiger partial charge in [0.2, 0.25) is 5.91 Å². The van der Waals surface area contributed by atoms with Gasteiger partial charge in [0.05, 0.1) is 11.1 Å². The van der Waals surface area contributed by atoms with Crippen molar-refractivity contribution in [1.29, 1.82) is 0 Å². The van der Waals surface area contributed by atoms with E-state index in [9.17, 15) is 9.59 Å². The van der Waals surface area contributed by atoms with Crippen LogP contribution in [0, 0.1) is 23.7 Å². The lowest BCUT2D eigenvalue weighted by Gasteiger charge is -2.56. The van der Waals surface area contributed by atoms with Crippen molar-refractivity contribution in [2.75, 3.05) is 5.75 Å². The number of fused-ring (bicyclic) bond motifs is 3. The molecule has 5 aliphatic carbocycles. The maximum atomic E-state index is 13.7. The number of aryl methyl sites for hydroxylation is 2. The van der Waals surface area contributed by atoms with Crippen molar-refractivity contribution >= 4 is 39.2 Å². The van der Waals surface area contributed by atoms with Crippen LogP contribution in [0.25, 0.3) is 10.2 Å². The number of carbonyl (C=O) groups is 1. The van der Waals surface area contributed by atoms with Gasteiger partial charge in [0, 0.05) is 17.0 Å². The standard InChI is InChI=1S/C27H37N3O2S2/c1-16(2)7-8-30-25(32)23-20-5-3-4-6-21(20)34-24(23)28-26(30)33-15-22(31)29-27-12-17-9-18(13-27)11-19(10-17)14-27/h16-19H,3-15H2,1-2H3,(H,29,31). The van der Waals surface area contributed by atoms with E-state index in [1.54, 1.807) is 11.3 Å². The van der Waals surface area contributed by atoms with E-state index < -0.39 is 0 Å². The third-order valence-electron chi connectivity index (χ3n) is 8.75. The normalized spacial score (nSPS) is 29.7. The topological polar surface area (TPSA) is 64.0 Å². The second-order valence-corrected chi connectivity index (χ2v) is 14.0. The summed E-state index contributed by atoms with van der Waals surface area (Å²) in [5, 5.41) is 5.06. The van der Waals surface area contributed by atoms with Crippen molar-refractivity contribution in [1.82, 2.24) is 14.9 Å². The second kappa shape index (κ2) is 8.95. The zero-order valence-corrected chi connectivity index (χ0v) is 22.2. The lowest BCUT2D eigenvalue weighted by Crippen LogP contribution is -2.60. The van der Waals surface area contributed by atoms with Crippen LogP contribution in [0.15, 0.2) is 9.95 Å². The van der Waals surface area contributed by atoms with E-state index in [0.717, 1.165) is 58.8 Å². The number of nitrogens with zero attached hydrogens (tertiary/aromatic N) is 2. The molecule has 1 amide bonds. The van der Waals surface area contributed by atoms with Gasteiger partial charge in [-0.2, -0.15) is 0 Å². The predicted octanol–water partition coefficient (Wildman–Crippen LogP) is 5.56. The summed E-state index contributed by atoms with van der Waals surface area (Å²) >= 11 is 3.16. The molecule has 0 spiro atoms. The summed E-state index contributed by atoms with van der Waals surface area (Å²) in [6.07, 6.45) is 13.0. The Bertz CT molecular complexity index is 1130. The van der Waals surface area contributed by atoms with Gasteiger partial charge in [0.1, 0.15) is 4.83 Å². The van der Waals surface area contributed by atoms with Crippen molar-refractivity contribution in [2.45, 2.75) is 102 Å². The number of thiophene rings is 1. The molecule has 0 atom stereocenters. The number of nitrogens with one attached hydrogen (secondary N) is 1. The molecule has 4 saturated carbocycles. The summed E-state index contributed by atoms with van der Waals surface area (Å²) in [7, 11) is 0. The van der Waals surface area contributed by atoms with Gasteiger partial charge in [0.15, 0.2) is 5.16 Å². The maximum Gasteiger partial charge on any atom is 0.263 e. The van der Waals surface area contributed by atoms with Gasteiger partial charge >= 0.3 is 0 Å². The molecule has 7 heteroatoms. The molecule has 7 rings (SSSR count). The van der Waals surface area contributed by atoms with Crippen LogP contribution in [-0.2, 0) is 24.2 Å². The smallest absolute Gasteiger partial charge is 0.263 e. The molecule has 0 unspecified atom stereocenters.